The lowest BCUT2D eigenvalue weighted by Crippen LogP contribution is -2.59. The number of amides is 2. The van der Waals surface area contributed by atoms with Crippen molar-refractivity contribution in [3.05, 3.63) is 12.2 Å². The molecule has 2 rings (SSSR count). The molecule has 2 amide bonds. The average molecular weight is 324 g/mol. The molecule has 128 valence electrons. The molecule has 2 N–H and O–H groups in total. The van der Waals surface area contributed by atoms with E-state index in [2.05, 4.69) is 16.7 Å². The molecule has 0 radical (unpaired) electrons. The van der Waals surface area contributed by atoms with Gasteiger partial charge in [0.15, 0.2) is 0 Å². The highest BCUT2D eigenvalue weighted by atomic mass is 16.6. The number of hydrogen-bond donors (Lipinski definition) is 2. The molecule has 0 spiro atoms. The van der Waals surface area contributed by atoms with Crippen molar-refractivity contribution in [3.63, 3.8) is 0 Å². The van der Waals surface area contributed by atoms with Crippen molar-refractivity contribution in [2.24, 2.45) is 11.8 Å². The van der Waals surface area contributed by atoms with Crippen molar-refractivity contribution in [2.45, 2.75) is 44.8 Å². The highest BCUT2D eigenvalue weighted by Gasteiger charge is 2.55. The maximum absolute atomic E-state index is 12.2. The number of nitrogens with one attached hydrogen (secondary N) is 2. The van der Waals surface area contributed by atoms with Crippen LogP contribution < -0.4 is 10.6 Å². The lowest BCUT2D eigenvalue weighted by Gasteiger charge is -2.33. The molecule has 0 heterocycles. The van der Waals surface area contributed by atoms with Crippen LogP contribution in [0.25, 0.3) is 0 Å². The molecule has 2 aliphatic carbocycles. The van der Waals surface area contributed by atoms with Gasteiger partial charge in [-0.25, -0.2) is 9.59 Å². The van der Waals surface area contributed by atoms with Gasteiger partial charge in [-0.1, -0.05) is 12.2 Å². The minimum Gasteiger partial charge on any atom is -0.467 e. The summed E-state index contributed by atoms with van der Waals surface area (Å²) in [5.74, 6) is -0.675. The van der Waals surface area contributed by atoms with Crippen molar-refractivity contribution in [1.82, 2.24) is 10.6 Å². The van der Waals surface area contributed by atoms with Gasteiger partial charge in [0.2, 0.25) is 5.91 Å². The first kappa shape index (κ1) is 17.3. The van der Waals surface area contributed by atoms with E-state index < -0.39 is 29.1 Å². The fourth-order valence-corrected chi connectivity index (χ4v) is 3.23. The highest BCUT2D eigenvalue weighted by molar-refractivity contribution is 5.91. The average Bonchev–Trinajstić information content (AvgIpc) is 3.03. The Morgan fingerprint density at radius 3 is 2.43 bits per heavy atom. The summed E-state index contributed by atoms with van der Waals surface area (Å²) in [4.78, 5) is 35.9. The lowest BCUT2D eigenvalue weighted by atomic mass is 9.84. The minimum atomic E-state index is -1.03. The second-order valence-electron chi connectivity index (χ2n) is 7.06. The van der Waals surface area contributed by atoms with Gasteiger partial charge in [0.25, 0.3) is 0 Å². The third kappa shape index (κ3) is 3.83. The summed E-state index contributed by atoms with van der Waals surface area (Å²) in [5.41, 5.74) is -1.66. The number of esters is 1. The number of methoxy groups -OCH3 is 1. The van der Waals surface area contributed by atoms with Crippen LogP contribution in [0.1, 0.15) is 33.6 Å². The van der Waals surface area contributed by atoms with Gasteiger partial charge in [-0.15, -0.1) is 0 Å². The number of carbonyl (C=O) groups is 3. The fraction of sp³-hybridized carbons (Fsp3) is 0.688. The maximum atomic E-state index is 12.2. The van der Waals surface area contributed by atoms with Crippen LogP contribution >= 0.6 is 0 Å². The molecule has 7 heteroatoms. The van der Waals surface area contributed by atoms with Gasteiger partial charge in [0, 0.05) is 5.92 Å². The molecular weight excluding hydrogens is 300 g/mol. The number of allylic oxidation sites excluding steroid dienone is 1. The fourth-order valence-electron chi connectivity index (χ4n) is 3.23. The van der Waals surface area contributed by atoms with Crippen LogP contribution in [-0.4, -0.2) is 42.8 Å². The predicted molar refractivity (Wildman–Crippen MR) is 82.5 cm³/mol. The van der Waals surface area contributed by atoms with Gasteiger partial charge in [-0.3, -0.25) is 4.79 Å². The number of carbonyl (C=O) groups excluding carboxylic acids is 3. The van der Waals surface area contributed by atoms with Crippen LogP contribution in [0.2, 0.25) is 0 Å². The first-order valence-electron chi connectivity index (χ1n) is 7.71. The molecule has 2 bridgehead atoms. The molecule has 23 heavy (non-hydrogen) atoms. The van der Waals surface area contributed by atoms with E-state index in [1.54, 1.807) is 20.8 Å². The van der Waals surface area contributed by atoms with E-state index >= 15 is 0 Å². The van der Waals surface area contributed by atoms with Crippen molar-refractivity contribution < 1.29 is 23.9 Å². The summed E-state index contributed by atoms with van der Waals surface area (Å²) in [6, 6.07) is 0. The Morgan fingerprint density at radius 1 is 1.26 bits per heavy atom. The third-order valence-corrected chi connectivity index (χ3v) is 4.09. The van der Waals surface area contributed by atoms with Gasteiger partial charge in [-0.2, -0.15) is 0 Å². The van der Waals surface area contributed by atoms with E-state index in [0.717, 1.165) is 6.42 Å². The molecule has 0 aromatic heterocycles. The zero-order valence-corrected chi connectivity index (χ0v) is 14.0. The van der Waals surface area contributed by atoms with Crippen LogP contribution in [0.4, 0.5) is 4.79 Å². The largest absolute Gasteiger partial charge is 0.467 e. The Kier molecular flexibility index (Phi) is 4.68. The summed E-state index contributed by atoms with van der Waals surface area (Å²) in [5, 5.41) is 5.15. The molecule has 2 aliphatic rings. The molecule has 0 unspecified atom stereocenters. The van der Waals surface area contributed by atoms with Gasteiger partial charge in [-0.05, 0) is 39.5 Å². The molecule has 1 saturated carbocycles. The number of ether oxygens (including phenoxy) is 2. The zero-order chi connectivity index (χ0) is 17.3. The lowest BCUT2D eigenvalue weighted by molar-refractivity contribution is -0.152. The molecule has 3 atom stereocenters. The van der Waals surface area contributed by atoms with E-state index in [9.17, 15) is 14.4 Å². The van der Waals surface area contributed by atoms with E-state index in [1.165, 1.54) is 7.11 Å². The zero-order valence-electron chi connectivity index (χ0n) is 14.0. The molecule has 0 aliphatic heterocycles. The quantitative estimate of drug-likeness (QED) is 0.597. The number of alkyl carbamates (subject to hydrolysis) is 1. The highest BCUT2D eigenvalue weighted by Crippen LogP contribution is 2.46. The van der Waals surface area contributed by atoms with E-state index in [-0.39, 0.29) is 18.4 Å². The smallest absolute Gasteiger partial charge is 0.408 e. The number of fused-ring (bicyclic) bond motifs is 2. The monoisotopic (exact) mass is 324 g/mol. The Morgan fingerprint density at radius 2 is 1.96 bits per heavy atom. The maximum Gasteiger partial charge on any atom is 0.408 e. The van der Waals surface area contributed by atoms with Gasteiger partial charge < -0.3 is 20.1 Å². The molecule has 1 fully saturated rings. The Balaban J connectivity index is 1.94. The Labute approximate surface area is 135 Å². The normalized spacial score (nSPS) is 28.3. The molecular formula is C16H24N2O5. The van der Waals surface area contributed by atoms with Crippen LogP contribution in [0.15, 0.2) is 12.2 Å². The van der Waals surface area contributed by atoms with Crippen LogP contribution in [-0.2, 0) is 19.1 Å². The third-order valence-electron chi connectivity index (χ3n) is 4.09. The van der Waals surface area contributed by atoms with Gasteiger partial charge in [0.05, 0.1) is 7.11 Å². The van der Waals surface area contributed by atoms with Crippen LogP contribution in [0, 0.1) is 11.8 Å². The van der Waals surface area contributed by atoms with Crippen LogP contribution in [0.5, 0.6) is 0 Å². The second-order valence-corrected chi connectivity index (χ2v) is 7.06. The van der Waals surface area contributed by atoms with Crippen LogP contribution in [0.3, 0.4) is 0 Å². The first-order valence-corrected chi connectivity index (χ1v) is 7.71. The molecule has 0 aromatic carbocycles. The summed E-state index contributed by atoms with van der Waals surface area (Å²) < 4.78 is 9.95. The molecule has 0 aromatic rings. The number of rotatable bonds is 4. The van der Waals surface area contributed by atoms with Crippen molar-refractivity contribution in [3.8, 4) is 0 Å². The second kappa shape index (κ2) is 6.22. The standard InChI is InChI=1S/C16H24N2O5/c1-15(2,3)23-14(21)17-9-12(19)18-16(13(20)22-4)8-10-5-6-11(16)7-10/h5-6,10-11H,7-9H2,1-4H3,(H,17,21)(H,18,19)/t10-,11+,16-/m0/s1. The molecule has 7 nitrogen and oxygen atoms in total. The van der Waals surface area contributed by atoms with Gasteiger partial charge in [0.1, 0.15) is 17.7 Å². The summed E-state index contributed by atoms with van der Waals surface area (Å²) in [6.07, 6.45) is 4.70. The van der Waals surface area contributed by atoms with Crippen molar-refractivity contribution in [2.75, 3.05) is 13.7 Å². The summed E-state index contributed by atoms with van der Waals surface area (Å²) >= 11 is 0. The van der Waals surface area contributed by atoms with E-state index in [1.807, 2.05) is 6.08 Å². The van der Waals surface area contributed by atoms with E-state index in [4.69, 9.17) is 9.47 Å². The number of hydrogen-bond acceptors (Lipinski definition) is 5. The minimum absolute atomic E-state index is 0.0644. The SMILES string of the molecule is COC(=O)[C@]1(NC(=O)CNC(=O)OC(C)(C)C)C[C@H]2C=C[C@@H]1C2. The predicted octanol–water partition coefficient (Wildman–Crippen LogP) is 1.14. The summed E-state index contributed by atoms with van der Waals surface area (Å²) in [7, 11) is 1.31. The summed E-state index contributed by atoms with van der Waals surface area (Å²) in [6.45, 7) is 4.95. The van der Waals surface area contributed by atoms with Gasteiger partial charge >= 0.3 is 12.1 Å². The van der Waals surface area contributed by atoms with E-state index in [0.29, 0.717) is 6.42 Å². The Hall–Kier alpha value is -2.05. The van der Waals surface area contributed by atoms with Crippen molar-refractivity contribution >= 4 is 18.0 Å². The molecule has 0 saturated heterocycles. The Bertz CT molecular complexity index is 537. The topological polar surface area (TPSA) is 93.7 Å². The first-order chi connectivity index (χ1) is 10.7. The van der Waals surface area contributed by atoms with Crippen molar-refractivity contribution in [1.29, 1.82) is 0 Å².